The minimum absolute atomic E-state index is 0.0733. The van der Waals surface area contributed by atoms with Crippen LogP contribution in [0.4, 0.5) is 0 Å². The van der Waals surface area contributed by atoms with Crippen LogP contribution in [-0.2, 0) is 9.59 Å². The molecule has 0 fully saturated rings. The van der Waals surface area contributed by atoms with Crippen LogP contribution in [0.2, 0.25) is 0 Å². The fourth-order valence-corrected chi connectivity index (χ4v) is 7.99. The van der Waals surface area contributed by atoms with Crippen LogP contribution in [0.25, 0.3) is 0 Å². The maximum atomic E-state index is 14.2. The Morgan fingerprint density at radius 3 is 1.47 bits per heavy atom. The van der Waals surface area contributed by atoms with Crippen molar-refractivity contribution in [1.29, 1.82) is 0 Å². The largest absolute Gasteiger partial charge is 0.309 e. The predicted octanol–water partition coefficient (Wildman–Crippen LogP) is 6.96. The zero-order chi connectivity index (χ0) is 25.7. The van der Waals surface area contributed by atoms with Gasteiger partial charge in [0.2, 0.25) is 0 Å². The molecule has 0 aromatic rings. The molecule has 6 heteroatoms. The number of thioether (sulfide) groups is 2. The number of hydrogen-bond donors (Lipinski definition) is 0. The smallest absolute Gasteiger partial charge is 0.260 e. The molecule has 4 atom stereocenters. The lowest BCUT2D eigenvalue weighted by atomic mass is 9.98. The molecule has 0 aromatic heterocycles. The predicted molar refractivity (Wildman–Crippen MR) is 155 cm³/mol. The number of nitrogens with zero attached hydrogens (tertiary/aromatic N) is 2. The van der Waals surface area contributed by atoms with E-state index in [0.717, 1.165) is 72.8 Å². The highest BCUT2D eigenvalue weighted by Crippen LogP contribution is 2.48. The molecule has 4 aliphatic heterocycles. The standard InChI is InChI=1S/C30H44N2O2S2/c1-5-9-13-21(7-3)19-31-27(23-15-11-17-35-23)25-26(29(31)33)28(24-16-12-18-36-24)32(30(25)34)20-22(8-4)14-10-6-2/h11-12,15-16,21-24H,5-10,13-14,17-20H2,1-4H3. The summed E-state index contributed by atoms with van der Waals surface area (Å²) in [5.74, 6) is 2.96. The number of hydrogen-bond acceptors (Lipinski definition) is 4. The first-order valence-corrected chi connectivity index (χ1v) is 16.3. The quantitative estimate of drug-likeness (QED) is 0.229. The normalized spacial score (nSPS) is 25.2. The van der Waals surface area contributed by atoms with Crippen LogP contribution < -0.4 is 0 Å². The van der Waals surface area contributed by atoms with Crippen molar-refractivity contribution in [3.05, 3.63) is 46.8 Å². The van der Waals surface area contributed by atoms with E-state index in [9.17, 15) is 9.59 Å². The summed E-state index contributed by atoms with van der Waals surface area (Å²) in [5.41, 5.74) is 3.39. The molecule has 2 amide bonds. The molecule has 0 radical (unpaired) electrons. The Kier molecular flexibility index (Phi) is 9.91. The summed E-state index contributed by atoms with van der Waals surface area (Å²) in [5, 5.41) is 0.174. The number of carbonyl (C=O) groups is 2. The molecule has 0 N–H and O–H groups in total. The van der Waals surface area contributed by atoms with Crippen molar-refractivity contribution >= 4 is 35.3 Å². The highest BCUT2D eigenvalue weighted by Gasteiger charge is 2.51. The summed E-state index contributed by atoms with van der Waals surface area (Å²) in [6, 6.07) is 0. The summed E-state index contributed by atoms with van der Waals surface area (Å²) in [6.07, 6.45) is 17.9. The van der Waals surface area contributed by atoms with Gasteiger partial charge >= 0.3 is 0 Å². The zero-order valence-corrected chi connectivity index (χ0v) is 24.3. The monoisotopic (exact) mass is 528 g/mol. The van der Waals surface area contributed by atoms with E-state index < -0.39 is 0 Å². The lowest BCUT2D eigenvalue weighted by Gasteiger charge is -2.31. The van der Waals surface area contributed by atoms with Gasteiger partial charge in [-0.1, -0.05) is 90.5 Å². The van der Waals surface area contributed by atoms with Gasteiger partial charge in [0.15, 0.2) is 0 Å². The summed E-state index contributed by atoms with van der Waals surface area (Å²) >= 11 is 3.68. The highest BCUT2D eigenvalue weighted by molar-refractivity contribution is 8.00. The molecule has 0 saturated heterocycles. The molecule has 0 spiro atoms. The second-order valence-electron chi connectivity index (χ2n) is 10.5. The molecule has 198 valence electrons. The van der Waals surface area contributed by atoms with Gasteiger partial charge in [0.25, 0.3) is 11.8 Å². The molecular formula is C30H44N2O2S2. The van der Waals surface area contributed by atoms with Crippen LogP contribution in [0.3, 0.4) is 0 Å². The van der Waals surface area contributed by atoms with E-state index in [2.05, 4.69) is 52.0 Å². The number of unbranched alkanes of at least 4 members (excludes halogenated alkanes) is 2. The Bertz CT molecular complexity index is 875. The summed E-state index contributed by atoms with van der Waals surface area (Å²) in [7, 11) is 0. The van der Waals surface area contributed by atoms with Gasteiger partial charge in [0.05, 0.1) is 33.0 Å². The summed E-state index contributed by atoms with van der Waals surface area (Å²) in [4.78, 5) is 32.5. The van der Waals surface area contributed by atoms with Crippen molar-refractivity contribution in [2.24, 2.45) is 11.8 Å². The second kappa shape index (κ2) is 12.9. The molecule has 4 aliphatic rings. The van der Waals surface area contributed by atoms with Crippen LogP contribution >= 0.6 is 23.5 Å². The lowest BCUT2D eigenvalue weighted by Crippen LogP contribution is -2.38. The molecule has 0 aromatic carbocycles. The second-order valence-corrected chi connectivity index (χ2v) is 12.9. The molecule has 0 aliphatic carbocycles. The van der Waals surface area contributed by atoms with Crippen molar-refractivity contribution < 1.29 is 9.59 Å². The molecule has 36 heavy (non-hydrogen) atoms. The van der Waals surface area contributed by atoms with Gasteiger partial charge in [-0.25, -0.2) is 0 Å². The van der Waals surface area contributed by atoms with Crippen LogP contribution in [0.15, 0.2) is 46.8 Å². The summed E-state index contributed by atoms with van der Waals surface area (Å²) in [6.45, 7) is 10.4. The minimum Gasteiger partial charge on any atom is -0.309 e. The fourth-order valence-electron chi connectivity index (χ4n) is 5.88. The molecule has 4 heterocycles. The van der Waals surface area contributed by atoms with Crippen LogP contribution in [-0.4, -0.2) is 56.7 Å². The van der Waals surface area contributed by atoms with E-state index in [1.54, 1.807) is 0 Å². The molecule has 4 unspecified atom stereocenters. The van der Waals surface area contributed by atoms with Crippen LogP contribution in [0, 0.1) is 11.8 Å². The van der Waals surface area contributed by atoms with Gasteiger partial charge in [-0.15, -0.1) is 23.5 Å². The molecule has 4 rings (SSSR count). The van der Waals surface area contributed by atoms with Gasteiger partial charge < -0.3 is 9.80 Å². The Labute approximate surface area is 227 Å². The van der Waals surface area contributed by atoms with E-state index in [1.165, 1.54) is 25.7 Å². The van der Waals surface area contributed by atoms with Crippen molar-refractivity contribution in [2.75, 3.05) is 24.6 Å². The summed E-state index contributed by atoms with van der Waals surface area (Å²) < 4.78 is 0. The fraction of sp³-hybridized carbons (Fsp3) is 0.667. The van der Waals surface area contributed by atoms with E-state index in [1.807, 2.05) is 33.3 Å². The van der Waals surface area contributed by atoms with Crippen LogP contribution in [0.5, 0.6) is 0 Å². The molecule has 4 nitrogen and oxygen atoms in total. The average molecular weight is 529 g/mol. The average Bonchev–Trinajstić information content (AvgIpc) is 3.68. The number of carbonyl (C=O) groups excluding carboxylic acids is 2. The Hall–Kier alpha value is -1.40. The number of fused-ring (bicyclic) bond motifs is 1. The van der Waals surface area contributed by atoms with Gasteiger partial charge in [-0.3, -0.25) is 9.59 Å². The van der Waals surface area contributed by atoms with Gasteiger partial charge in [-0.2, -0.15) is 0 Å². The molecular weight excluding hydrogens is 484 g/mol. The third kappa shape index (κ3) is 5.55. The first-order valence-electron chi connectivity index (χ1n) is 14.2. The topological polar surface area (TPSA) is 40.6 Å². The first-order chi connectivity index (χ1) is 17.5. The van der Waals surface area contributed by atoms with Crippen molar-refractivity contribution in [1.82, 2.24) is 9.80 Å². The molecule has 0 bridgehead atoms. The van der Waals surface area contributed by atoms with Gasteiger partial charge in [0, 0.05) is 24.6 Å². The van der Waals surface area contributed by atoms with E-state index >= 15 is 0 Å². The Balaban J connectivity index is 1.76. The highest BCUT2D eigenvalue weighted by atomic mass is 32.2. The number of rotatable bonds is 14. The van der Waals surface area contributed by atoms with Crippen LogP contribution in [0.1, 0.15) is 79.1 Å². The van der Waals surface area contributed by atoms with Gasteiger partial charge in [0.1, 0.15) is 0 Å². The van der Waals surface area contributed by atoms with E-state index in [4.69, 9.17) is 0 Å². The third-order valence-corrected chi connectivity index (χ3v) is 10.4. The van der Waals surface area contributed by atoms with Crippen molar-refractivity contribution in [2.45, 2.75) is 89.6 Å². The van der Waals surface area contributed by atoms with Crippen molar-refractivity contribution in [3.63, 3.8) is 0 Å². The van der Waals surface area contributed by atoms with E-state index in [0.29, 0.717) is 11.8 Å². The maximum Gasteiger partial charge on any atom is 0.260 e. The molecule has 0 saturated carbocycles. The van der Waals surface area contributed by atoms with E-state index in [-0.39, 0.29) is 22.3 Å². The minimum atomic E-state index is 0.0733. The SMILES string of the molecule is CCCCC(CC)CN1C(=O)C2=C(C3C=CCS3)N(CC(CC)CCCC)C(=O)C2=C1C1C=CCS1. The first kappa shape index (κ1) is 27.6. The Morgan fingerprint density at radius 1 is 0.750 bits per heavy atom. The van der Waals surface area contributed by atoms with Crippen molar-refractivity contribution in [3.8, 4) is 0 Å². The zero-order valence-electron chi connectivity index (χ0n) is 22.6. The van der Waals surface area contributed by atoms with Gasteiger partial charge in [-0.05, 0) is 24.7 Å². The number of amides is 2. The maximum absolute atomic E-state index is 14.2. The third-order valence-electron chi connectivity index (χ3n) is 8.13. The lowest BCUT2D eigenvalue weighted by molar-refractivity contribution is -0.125. The Morgan fingerprint density at radius 2 is 1.17 bits per heavy atom.